The van der Waals surface area contributed by atoms with Gasteiger partial charge in [-0.05, 0) is 59.5 Å². The fourth-order valence-electron chi connectivity index (χ4n) is 2.48. The van der Waals surface area contributed by atoms with E-state index in [9.17, 15) is 18.3 Å². The van der Waals surface area contributed by atoms with Gasteiger partial charge < -0.3 is 9.84 Å². The highest BCUT2D eigenvalue weighted by Crippen LogP contribution is 2.27. The van der Waals surface area contributed by atoms with E-state index in [-0.39, 0.29) is 6.61 Å². The highest BCUT2D eigenvalue weighted by atomic mass is 35.5. The smallest absolute Gasteiger partial charge is 0.432 e. The zero-order chi connectivity index (χ0) is 20.0. The van der Waals surface area contributed by atoms with E-state index < -0.39 is 11.9 Å². The normalized spacial score (nSPS) is 13.0. The van der Waals surface area contributed by atoms with Gasteiger partial charge in [0.25, 0.3) is 0 Å². The van der Waals surface area contributed by atoms with Gasteiger partial charge in [-0.3, -0.25) is 4.99 Å². The minimum atomic E-state index is -4.53. The van der Waals surface area contributed by atoms with E-state index in [1.165, 1.54) is 0 Å². The number of rotatable bonds is 6. The van der Waals surface area contributed by atoms with Crippen molar-refractivity contribution in [3.63, 3.8) is 0 Å². The van der Waals surface area contributed by atoms with Crippen molar-refractivity contribution in [2.75, 3.05) is 7.05 Å². The SMILES string of the molecule is CN=C(/C=C(\C)c1ccc(OCc2ccc(Cl)cc2)cc1CO)C(F)(F)F. The average Bonchev–Trinajstić information content (AvgIpc) is 2.64. The molecule has 0 spiro atoms. The lowest BCUT2D eigenvalue weighted by Gasteiger charge is -2.13. The van der Waals surface area contributed by atoms with Gasteiger partial charge in [0, 0.05) is 12.1 Å². The lowest BCUT2D eigenvalue weighted by atomic mass is 9.99. The Morgan fingerprint density at radius 2 is 1.85 bits per heavy atom. The number of benzene rings is 2. The third kappa shape index (κ3) is 5.84. The van der Waals surface area contributed by atoms with E-state index in [1.54, 1.807) is 37.3 Å². The second kappa shape index (κ2) is 9.06. The van der Waals surface area contributed by atoms with Gasteiger partial charge in [-0.15, -0.1) is 0 Å². The third-order valence-electron chi connectivity index (χ3n) is 3.88. The number of hydrogen-bond acceptors (Lipinski definition) is 3. The summed E-state index contributed by atoms with van der Waals surface area (Å²) in [7, 11) is 1.09. The number of halogens is 4. The number of nitrogens with zero attached hydrogens (tertiary/aromatic N) is 1. The van der Waals surface area contributed by atoms with Crippen molar-refractivity contribution in [2.24, 2.45) is 4.99 Å². The molecule has 0 amide bonds. The summed E-state index contributed by atoms with van der Waals surface area (Å²) in [6.45, 7) is 1.51. The number of aliphatic hydroxyl groups is 1. The number of aliphatic hydroxyl groups excluding tert-OH is 1. The molecule has 2 aromatic carbocycles. The van der Waals surface area contributed by atoms with Crippen molar-refractivity contribution in [2.45, 2.75) is 26.3 Å². The van der Waals surface area contributed by atoms with Gasteiger partial charge in [-0.1, -0.05) is 29.8 Å². The van der Waals surface area contributed by atoms with E-state index in [2.05, 4.69) is 4.99 Å². The largest absolute Gasteiger partial charge is 0.489 e. The molecule has 0 aromatic heterocycles. The predicted octanol–water partition coefficient (Wildman–Crippen LogP) is 5.45. The molecule has 0 atom stereocenters. The molecule has 0 radical (unpaired) electrons. The molecule has 0 saturated heterocycles. The van der Waals surface area contributed by atoms with Crippen LogP contribution in [0.1, 0.15) is 23.6 Å². The average molecular weight is 398 g/mol. The van der Waals surface area contributed by atoms with Crippen LogP contribution in [0.2, 0.25) is 5.02 Å². The van der Waals surface area contributed by atoms with Crippen molar-refractivity contribution >= 4 is 22.9 Å². The van der Waals surface area contributed by atoms with E-state index in [0.29, 0.717) is 34.1 Å². The van der Waals surface area contributed by atoms with E-state index in [1.807, 2.05) is 12.1 Å². The number of hydrogen-bond donors (Lipinski definition) is 1. The van der Waals surface area contributed by atoms with Crippen LogP contribution >= 0.6 is 11.6 Å². The topological polar surface area (TPSA) is 41.8 Å². The maximum Gasteiger partial charge on any atom is 0.432 e. The molecule has 0 heterocycles. The number of aliphatic imine (C=N–C) groups is 1. The van der Waals surface area contributed by atoms with E-state index in [0.717, 1.165) is 18.7 Å². The first kappa shape index (κ1) is 21.0. The highest BCUT2D eigenvalue weighted by Gasteiger charge is 2.33. The van der Waals surface area contributed by atoms with E-state index in [4.69, 9.17) is 16.3 Å². The number of allylic oxidation sites excluding steroid dienone is 2. The molecule has 0 bridgehead atoms. The predicted molar refractivity (Wildman–Crippen MR) is 101 cm³/mol. The summed E-state index contributed by atoms with van der Waals surface area (Å²) in [5, 5.41) is 10.2. The fourth-order valence-corrected chi connectivity index (χ4v) is 2.60. The Bertz CT molecular complexity index is 843. The van der Waals surface area contributed by atoms with Gasteiger partial charge in [0.1, 0.15) is 18.1 Å². The number of alkyl halides is 3. The Morgan fingerprint density at radius 3 is 2.41 bits per heavy atom. The van der Waals surface area contributed by atoms with Crippen LogP contribution in [0.25, 0.3) is 5.57 Å². The maximum atomic E-state index is 12.9. The Labute approximate surface area is 160 Å². The first-order valence-electron chi connectivity index (χ1n) is 8.08. The van der Waals surface area contributed by atoms with Crippen molar-refractivity contribution in [1.29, 1.82) is 0 Å². The molecule has 0 aliphatic heterocycles. The number of ether oxygens (including phenoxy) is 1. The van der Waals surface area contributed by atoms with Crippen molar-refractivity contribution < 1.29 is 23.0 Å². The van der Waals surface area contributed by atoms with Gasteiger partial charge in [0.15, 0.2) is 0 Å². The Kier molecular flexibility index (Phi) is 7.05. The fraction of sp³-hybridized carbons (Fsp3) is 0.250. The maximum absolute atomic E-state index is 12.9. The van der Waals surface area contributed by atoms with Crippen LogP contribution in [-0.2, 0) is 13.2 Å². The molecule has 0 aliphatic carbocycles. The van der Waals surface area contributed by atoms with Crippen LogP contribution in [0.15, 0.2) is 53.5 Å². The molecule has 2 aromatic rings. The standard InChI is InChI=1S/C20H19ClF3NO2/c1-13(9-19(25-2)20(22,23)24)18-8-7-17(10-15(18)11-26)27-12-14-3-5-16(21)6-4-14/h3-10,26H,11-12H2,1-2H3/b13-9+,25-19?. The van der Waals surface area contributed by atoms with Gasteiger partial charge in [-0.2, -0.15) is 13.2 Å². The molecule has 7 heteroatoms. The van der Waals surface area contributed by atoms with Crippen LogP contribution in [0.5, 0.6) is 5.75 Å². The lowest BCUT2D eigenvalue weighted by Crippen LogP contribution is -2.21. The van der Waals surface area contributed by atoms with Crippen LogP contribution < -0.4 is 4.74 Å². The van der Waals surface area contributed by atoms with Crippen molar-refractivity contribution in [3.05, 3.63) is 70.3 Å². The van der Waals surface area contributed by atoms with E-state index >= 15 is 0 Å². The Hall–Kier alpha value is -2.31. The molecule has 27 heavy (non-hydrogen) atoms. The lowest BCUT2D eigenvalue weighted by molar-refractivity contribution is -0.0577. The highest BCUT2D eigenvalue weighted by molar-refractivity contribution is 6.30. The summed E-state index contributed by atoms with van der Waals surface area (Å²) in [5.41, 5.74) is 1.25. The third-order valence-corrected chi connectivity index (χ3v) is 4.13. The first-order chi connectivity index (χ1) is 12.7. The molecule has 144 valence electrons. The summed E-state index contributed by atoms with van der Waals surface area (Å²) in [5.74, 6) is 0.505. The second-order valence-electron chi connectivity index (χ2n) is 5.83. The van der Waals surface area contributed by atoms with Crippen LogP contribution in [-0.4, -0.2) is 24.0 Å². The first-order valence-corrected chi connectivity index (χ1v) is 8.46. The zero-order valence-electron chi connectivity index (χ0n) is 14.8. The van der Waals surface area contributed by atoms with Gasteiger partial charge >= 0.3 is 6.18 Å². The monoisotopic (exact) mass is 397 g/mol. The molecule has 2 rings (SSSR count). The molecule has 0 unspecified atom stereocenters. The van der Waals surface area contributed by atoms with Crippen LogP contribution in [0.3, 0.4) is 0 Å². The molecule has 1 N–H and O–H groups in total. The minimum Gasteiger partial charge on any atom is -0.489 e. The summed E-state index contributed by atoms with van der Waals surface area (Å²) < 4.78 is 44.3. The molecule has 0 fully saturated rings. The summed E-state index contributed by atoms with van der Waals surface area (Å²) in [6.07, 6.45) is -3.57. The minimum absolute atomic E-state index is 0.302. The molecule has 0 aliphatic rings. The van der Waals surface area contributed by atoms with Crippen molar-refractivity contribution in [1.82, 2.24) is 0 Å². The van der Waals surface area contributed by atoms with Gasteiger partial charge in [0.2, 0.25) is 0 Å². The quantitative estimate of drug-likeness (QED) is 0.659. The summed E-state index contributed by atoms with van der Waals surface area (Å²) in [4.78, 5) is 3.29. The van der Waals surface area contributed by atoms with Crippen molar-refractivity contribution in [3.8, 4) is 5.75 Å². The Morgan fingerprint density at radius 1 is 1.19 bits per heavy atom. The van der Waals surface area contributed by atoms with Crippen LogP contribution in [0, 0.1) is 0 Å². The van der Waals surface area contributed by atoms with Crippen LogP contribution in [0.4, 0.5) is 13.2 Å². The van der Waals surface area contributed by atoms with Gasteiger partial charge in [-0.25, -0.2) is 0 Å². The summed E-state index contributed by atoms with van der Waals surface area (Å²) >= 11 is 5.84. The Balaban J connectivity index is 2.21. The molecule has 3 nitrogen and oxygen atoms in total. The molecular formula is C20H19ClF3NO2. The zero-order valence-corrected chi connectivity index (χ0v) is 15.6. The molecule has 0 saturated carbocycles. The van der Waals surface area contributed by atoms with Gasteiger partial charge in [0.05, 0.1) is 6.61 Å². The molecular weight excluding hydrogens is 379 g/mol. The second-order valence-corrected chi connectivity index (χ2v) is 6.26. The summed E-state index contributed by atoms with van der Waals surface area (Å²) in [6, 6.07) is 12.1.